The van der Waals surface area contributed by atoms with Gasteiger partial charge in [0, 0.05) is 6.42 Å². The van der Waals surface area contributed by atoms with Gasteiger partial charge >= 0.3 is 0 Å². The normalized spacial score (nSPS) is 12.6. The van der Waals surface area contributed by atoms with Crippen LogP contribution in [0.5, 0.6) is 0 Å². The molecule has 0 heterocycles. The summed E-state index contributed by atoms with van der Waals surface area (Å²) in [5.41, 5.74) is 0. The summed E-state index contributed by atoms with van der Waals surface area (Å²) in [5, 5.41) is 0. The lowest BCUT2D eigenvalue weighted by Crippen LogP contribution is -2.45. The quantitative estimate of drug-likeness (QED) is 0.304. The van der Waals surface area contributed by atoms with E-state index in [1.54, 1.807) is 0 Å². The molecule has 10 nitrogen and oxygen atoms in total. The molecule has 156 valence electrons. The number of nitrogens with zero attached hydrogens (tertiary/aromatic N) is 2. The fourth-order valence-electron chi connectivity index (χ4n) is 1.24. The summed E-state index contributed by atoms with van der Waals surface area (Å²) < 4.78 is 64.4. The molecular weight excluding hydrogens is 376 g/mol. The summed E-state index contributed by atoms with van der Waals surface area (Å²) in [6, 6.07) is 0. The van der Waals surface area contributed by atoms with Crippen LogP contribution in [-0.2, 0) is 29.2 Å². The minimum Gasteiger partial charge on any atom is -0.726 e. The van der Waals surface area contributed by atoms with Crippen LogP contribution in [0.4, 0.5) is 0 Å². The second-order valence-corrected chi connectivity index (χ2v) is 8.75. The molecule has 0 saturated carbocycles. The Labute approximate surface area is 153 Å². The van der Waals surface area contributed by atoms with Gasteiger partial charge < -0.3 is 18.1 Å². The highest BCUT2D eigenvalue weighted by Gasteiger charge is 2.16. The monoisotopic (exact) mass is 410 g/mol. The van der Waals surface area contributed by atoms with Crippen molar-refractivity contribution >= 4 is 20.8 Å². The summed E-state index contributed by atoms with van der Waals surface area (Å²) in [6.45, 7) is 9.61. The minimum atomic E-state index is -4.41. The van der Waals surface area contributed by atoms with Crippen LogP contribution in [0, 0.1) is 0 Å². The maximum absolute atomic E-state index is 9.22. The number of hydrogen-bond acceptors (Lipinski definition) is 8. The number of quaternary nitrogens is 2. The number of hydrogen-bond donors (Lipinski definition) is 0. The fraction of sp³-hybridized carbons (Fsp3) is 1.00. The Morgan fingerprint density at radius 1 is 0.720 bits per heavy atom. The van der Waals surface area contributed by atoms with Gasteiger partial charge in [0.25, 0.3) is 0 Å². The third-order valence-corrected chi connectivity index (χ3v) is 4.46. The lowest BCUT2D eigenvalue weighted by Gasteiger charge is -2.32. The van der Waals surface area contributed by atoms with Crippen LogP contribution in [0.2, 0.25) is 0 Å². The molecule has 0 N–H and O–H groups in total. The highest BCUT2D eigenvalue weighted by atomic mass is 32.3. The molecule has 0 aliphatic carbocycles. The maximum Gasteiger partial charge on any atom is 0.217 e. The van der Waals surface area contributed by atoms with E-state index >= 15 is 0 Å². The van der Waals surface area contributed by atoms with Gasteiger partial charge in [0.15, 0.2) is 0 Å². The molecule has 0 atom stereocenters. The van der Waals surface area contributed by atoms with Gasteiger partial charge in [-0.2, -0.15) is 0 Å². The Bertz CT molecular complexity index is 482. The van der Waals surface area contributed by atoms with Crippen LogP contribution < -0.4 is 0 Å². The number of rotatable bonds is 8. The topological polar surface area (TPSA) is 133 Å². The van der Waals surface area contributed by atoms with E-state index in [1.165, 1.54) is 32.6 Å². The Morgan fingerprint density at radius 2 is 0.920 bits per heavy atom. The van der Waals surface area contributed by atoms with Gasteiger partial charge in [-0.3, -0.25) is 8.37 Å². The first kappa shape index (κ1) is 29.4. The molecule has 0 aromatic carbocycles. The Morgan fingerprint density at radius 3 is 1.04 bits per heavy atom. The standard InChI is InChI=1S/C11H28N2.2CH4O4S/c1-7-12(3,4)10-9-11-13(5,6)8-2;2*1-5-6(2,3)4/h7-11H2,1-6H3;2*1H3,(H,2,3,4)/q+2;;/p-2. The summed E-state index contributed by atoms with van der Waals surface area (Å²) >= 11 is 0. The van der Waals surface area contributed by atoms with Crippen molar-refractivity contribution in [3.05, 3.63) is 0 Å². The third kappa shape index (κ3) is 28.7. The van der Waals surface area contributed by atoms with Crippen molar-refractivity contribution in [1.29, 1.82) is 0 Å². The summed E-state index contributed by atoms with van der Waals surface area (Å²) in [7, 11) is 2.04. The summed E-state index contributed by atoms with van der Waals surface area (Å²) in [6.07, 6.45) is 1.34. The SMILES string of the molecule is CC[N+](C)(C)CCC[N+](C)(C)CC.COS(=O)(=O)[O-].COS(=O)(=O)[O-]. The van der Waals surface area contributed by atoms with Gasteiger partial charge in [-0.05, 0) is 13.8 Å². The minimum absolute atomic E-state index is 0.808. The van der Waals surface area contributed by atoms with E-state index in [0.29, 0.717) is 0 Å². The van der Waals surface area contributed by atoms with Crippen molar-refractivity contribution in [2.75, 3.05) is 68.6 Å². The van der Waals surface area contributed by atoms with Gasteiger partial charge in [0.05, 0.1) is 68.6 Å². The summed E-state index contributed by atoms with van der Waals surface area (Å²) in [5.74, 6) is 0. The zero-order chi connectivity index (χ0) is 20.9. The molecule has 0 amide bonds. The first-order chi connectivity index (χ1) is 10.9. The van der Waals surface area contributed by atoms with Gasteiger partial charge in [0.2, 0.25) is 20.8 Å². The molecule has 0 radical (unpaired) electrons. The van der Waals surface area contributed by atoms with Crippen molar-refractivity contribution < 1.29 is 43.3 Å². The molecule has 0 aromatic heterocycles. The van der Waals surface area contributed by atoms with Gasteiger partial charge in [0.1, 0.15) is 0 Å². The first-order valence-electron chi connectivity index (χ1n) is 7.62. The largest absolute Gasteiger partial charge is 0.726 e. The molecule has 0 spiro atoms. The van der Waals surface area contributed by atoms with E-state index in [2.05, 4.69) is 50.4 Å². The molecule has 0 fully saturated rings. The predicted octanol–water partition coefficient (Wildman–Crippen LogP) is -0.245. The zero-order valence-corrected chi connectivity index (χ0v) is 18.1. The molecule has 0 aromatic rings. The van der Waals surface area contributed by atoms with Crippen LogP contribution in [0.25, 0.3) is 0 Å². The van der Waals surface area contributed by atoms with Crippen LogP contribution in [0.3, 0.4) is 0 Å². The van der Waals surface area contributed by atoms with E-state index in [4.69, 9.17) is 0 Å². The Kier molecular flexibility index (Phi) is 15.2. The van der Waals surface area contributed by atoms with Gasteiger partial charge in [-0.1, -0.05) is 0 Å². The van der Waals surface area contributed by atoms with E-state index in [0.717, 1.165) is 23.2 Å². The smallest absolute Gasteiger partial charge is 0.217 e. The maximum atomic E-state index is 9.22. The molecule has 0 rings (SSSR count). The van der Waals surface area contributed by atoms with Gasteiger partial charge in [-0.25, -0.2) is 16.8 Å². The Balaban J connectivity index is -0.000000336. The van der Waals surface area contributed by atoms with Crippen LogP contribution >= 0.6 is 0 Å². The predicted molar refractivity (Wildman–Crippen MR) is 93.1 cm³/mol. The second-order valence-electron chi connectivity index (χ2n) is 6.45. The zero-order valence-electron chi connectivity index (χ0n) is 16.5. The average molecular weight is 411 g/mol. The molecule has 0 aliphatic heterocycles. The first-order valence-corrected chi connectivity index (χ1v) is 10.3. The van der Waals surface area contributed by atoms with E-state index < -0.39 is 20.8 Å². The lowest BCUT2D eigenvalue weighted by atomic mass is 10.3. The molecule has 12 heteroatoms. The fourth-order valence-corrected chi connectivity index (χ4v) is 1.24. The Hall–Kier alpha value is -0.340. The van der Waals surface area contributed by atoms with Crippen LogP contribution in [0.15, 0.2) is 0 Å². The van der Waals surface area contributed by atoms with E-state index in [9.17, 15) is 25.9 Å². The highest BCUT2D eigenvalue weighted by Crippen LogP contribution is 2.03. The summed E-state index contributed by atoms with van der Waals surface area (Å²) in [4.78, 5) is 0. The van der Waals surface area contributed by atoms with Crippen molar-refractivity contribution in [1.82, 2.24) is 0 Å². The van der Waals surface area contributed by atoms with Crippen molar-refractivity contribution in [3.63, 3.8) is 0 Å². The van der Waals surface area contributed by atoms with Crippen molar-refractivity contribution in [3.8, 4) is 0 Å². The molecular formula is C13H34N2O8S2. The second kappa shape index (κ2) is 12.9. The lowest BCUT2D eigenvalue weighted by molar-refractivity contribution is -0.907. The van der Waals surface area contributed by atoms with E-state index in [-0.39, 0.29) is 0 Å². The van der Waals surface area contributed by atoms with Crippen molar-refractivity contribution in [2.45, 2.75) is 20.3 Å². The average Bonchev–Trinajstić information content (AvgIpc) is 2.46. The molecule has 25 heavy (non-hydrogen) atoms. The van der Waals surface area contributed by atoms with Crippen LogP contribution in [0.1, 0.15) is 20.3 Å². The highest BCUT2D eigenvalue weighted by molar-refractivity contribution is 7.81. The van der Waals surface area contributed by atoms with Crippen molar-refractivity contribution in [2.24, 2.45) is 0 Å². The molecule has 0 bridgehead atoms. The molecule has 0 saturated heterocycles. The van der Waals surface area contributed by atoms with Crippen LogP contribution in [-0.4, -0.2) is 103 Å². The molecule has 0 unspecified atom stereocenters. The molecule has 0 aliphatic rings. The van der Waals surface area contributed by atoms with Gasteiger partial charge in [-0.15, -0.1) is 0 Å². The third-order valence-electron chi connectivity index (χ3n) is 3.65. The van der Waals surface area contributed by atoms with E-state index in [1.807, 2.05) is 0 Å².